The van der Waals surface area contributed by atoms with Crippen LogP contribution in [0.5, 0.6) is 5.75 Å². The fourth-order valence-electron chi connectivity index (χ4n) is 1.78. The topological polar surface area (TPSA) is 47.6 Å². The summed E-state index contributed by atoms with van der Waals surface area (Å²) in [5.41, 5.74) is 2.01. The van der Waals surface area contributed by atoms with Gasteiger partial charge in [-0.15, -0.1) is 0 Å². The summed E-state index contributed by atoms with van der Waals surface area (Å²) in [6.07, 6.45) is 0. The Labute approximate surface area is 129 Å². The largest absolute Gasteiger partial charge is 0.481 e. The molecule has 1 rings (SSSR count). The van der Waals surface area contributed by atoms with Gasteiger partial charge in [-0.1, -0.05) is 29.8 Å². The smallest absolute Gasteiger partial charge is 0.344 e. The number of carbonyl (C=O) groups excluding carboxylic acids is 1. The standard InChI is InChI=1S/C15H22BrNO3/c1-5-19-14(18)9-20-15-11(4)6-13(16)7-12(15)8-17-10(2)3/h6-7,10,17H,5,8-9H2,1-4H3. The van der Waals surface area contributed by atoms with E-state index in [0.29, 0.717) is 19.2 Å². The summed E-state index contributed by atoms with van der Waals surface area (Å²) in [6.45, 7) is 8.91. The van der Waals surface area contributed by atoms with Gasteiger partial charge in [-0.05, 0) is 31.5 Å². The fourth-order valence-corrected chi connectivity index (χ4v) is 2.40. The predicted octanol–water partition coefficient (Wildman–Crippen LogP) is 3.20. The van der Waals surface area contributed by atoms with Crippen molar-refractivity contribution in [2.45, 2.75) is 40.3 Å². The van der Waals surface area contributed by atoms with Gasteiger partial charge in [0.2, 0.25) is 0 Å². The molecule has 4 nitrogen and oxygen atoms in total. The van der Waals surface area contributed by atoms with Crippen molar-refractivity contribution in [1.29, 1.82) is 0 Å². The summed E-state index contributed by atoms with van der Waals surface area (Å²) < 4.78 is 11.5. The first-order valence-electron chi connectivity index (χ1n) is 6.74. The molecule has 0 aliphatic heterocycles. The molecule has 1 N–H and O–H groups in total. The molecule has 0 bridgehead atoms. The highest BCUT2D eigenvalue weighted by Crippen LogP contribution is 2.28. The first-order valence-corrected chi connectivity index (χ1v) is 7.54. The average molecular weight is 344 g/mol. The normalized spacial score (nSPS) is 10.7. The lowest BCUT2D eigenvalue weighted by Gasteiger charge is -2.16. The van der Waals surface area contributed by atoms with Crippen molar-refractivity contribution in [3.63, 3.8) is 0 Å². The summed E-state index contributed by atoms with van der Waals surface area (Å²) in [7, 11) is 0. The van der Waals surface area contributed by atoms with E-state index in [-0.39, 0.29) is 12.6 Å². The van der Waals surface area contributed by atoms with Crippen LogP contribution in [-0.2, 0) is 16.1 Å². The summed E-state index contributed by atoms with van der Waals surface area (Å²) in [4.78, 5) is 11.4. The van der Waals surface area contributed by atoms with E-state index in [1.165, 1.54) is 0 Å². The summed E-state index contributed by atoms with van der Waals surface area (Å²) in [5, 5.41) is 3.35. The number of hydrogen-bond acceptors (Lipinski definition) is 4. The molecule has 0 radical (unpaired) electrons. The Morgan fingerprint density at radius 3 is 2.70 bits per heavy atom. The Morgan fingerprint density at radius 1 is 1.40 bits per heavy atom. The van der Waals surface area contributed by atoms with Gasteiger partial charge in [0, 0.05) is 22.6 Å². The molecular formula is C15H22BrNO3. The van der Waals surface area contributed by atoms with Crippen molar-refractivity contribution in [3.05, 3.63) is 27.7 Å². The van der Waals surface area contributed by atoms with Crippen molar-refractivity contribution in [1.82, 2.24) is 5.32 Å². The second kappa shape index (κ2) is 8.27. The lowest BCUT2D eigenvalue weighted by molar-refractivity contribution is -0.145. The summed E-state index contributed by atoms with van der Waals surface area (Å²) in [6, 6.07) is 4.36. The van der Waals surface area contributed by atoms with Crippen LogP contribution in [0.25, 0.3) is 0 Å². The van der Waals surface area contributed by atoms with Crippen molar-refractivity contribution in [3.8, 4) is 5.75 Å². The molecule has 0 spiro atoms. The first kappa shape index (κ1) is 17.0. The van der Waals surface area contributed by atoms with Gasteiger partial charge in [-0.25, -0.2) is 4.79 Å². The van der Waals surface area contributed by atoms with Crippen molar-refractivity contribution in [2.75, 3.05) is 13.2 Å². The van der Waals surface area contributed by atoms with Gasteiger partial charge >= 0.3 is 5.97 Å². The molecule has 0 saturated heterocycles. The third-order valence-electron chi connectivity index (χ3n) is 2.66. The van der Waals surface area contributed by atoms with Gasteiger partial charge in [0.15, 0.2) is 6.61 Å². The van der Waals surface area contributed by atoms with Crippen LogP contribution in [0.1, 0.15) is 31.9 Å². The van der Waals surface area contributed by atoms with E-state index >= 15 is 0 Å². The Bertz CT molecular complexity index is 461. The molecule has 0 heterocycles. The third kappa shape index (κ3) is 5.51. The van der Waals surface area contributed by atoms with Crippen LogP contribution in [0, 0.1) is 6.92 Å². The highest BCUT2D eigenvalue weighted by molar-refractivity contribution is 9.10. The van der Waals surface area contributed by atoms with Crippen molar-refractivity contribution < 1.29 is 14.3 Å². The molecule has 0 saturated carbocycles. The zero-order chi connectivity index (χ0) is 15.1. The minimum absolute atomic E-state index is 0.0645. The number of nitrogens with one attached hydrogen (secondary N) is 1. The molecule has 112 valence electrons. The fraction of sp³-hybridized carbons (Fsp3) is 0.533. The SMILES string of the molecule is CCOC(=O)COc1c(C)cc(Br)cc1CNC(C)C. The second-order valence-corrected chi connectivity index (χ2v) is 5.76. The number of aryl methyl sites for hydroxylation is 1. The van der Waals surface area contributed by atoms with Crippen LogP contribution in [0.2, 0.25) is 0 Å². The number of carbonyl (C=O) groups is 1. The molecular weight excluding hydrogens is 322 g/mol. The van der Waals surface area contributed by atoms with Gasteiger partial charge in [0.25, 0.3) is 0 Å². The van der Waals surface area contributed by atoms with Crippen LogP contribution in [0.3, 0.4) is 0 Å². The molecule has 5 heteroatoms. The zero-order valence-electron chi connectivity index (χ0n) is 12.5. The molecule has 0 fully saturated rings. The molecule has 0 aliphatic carbocycles. The highest BCUT2D eigenvalue weighted by Gasteiger charge is 2.12. The molecule has 20 heavy (non-hydrogen) atoms. The maximum atomic E-state index is 11.4. The molecule has 0 aromatic heterocycles. The maximum Gasteiger partial charge on any atom is 0.344 e. The van der Waals surface area contributed by atoms with Gasteiger partial charge in [-0.3, -0.25) is 0 Å². The number of rotatable bonds is 7. The van der Waals surface area contributed by atoms with E-state index in [4.69, 9.17) is 9.47 Å². The van der Waals surface area contributed by atoms with Crippen LogP contribution in [0.4, 0.5) is 0 Å². The number of benzene rings is 1. The lowest BCUT2D eigenvalue weighted by Crippen LogP contribution is -2.23. The monoisotopic (exact) mass is 343 g/mol. The third-order valence-corrected chi connectivity index (χ3v) is 3.11. The van der Waals surface area contributed by atoms with E-state index in [2.05, 4.69) is 35.1 Å². The number of hydrogen-bond donors (Lipinski definition) is 1. The van der Waals surface area contributed by atoms with E-state index < -0.39 is 0 Å². The van der Waals surface area contributed by atoms with Gasteiger partial charge < -0.3 is 14.8 Å². The zero-order valence-corrected chi connectivity index (χ0v) is 14.0. The van der Waals surface area contributed by atoms with Gasteiger partial charge in [0.05, 0.1) is 6.61 Å². The number of esters is 1. The first-order chi connectivity index (χ1) is 9.43. The van der Waals surface area contributed by atoms with E-state index in [1.807, 2.05) is 19.1 Å². The van der Waals surface area contributed by atoms with Gasteiger partial charge in [0.1, 0.15) is 5.75 Å². The van der Waals surface area contributed by atoms with E-state index in [9.17, 15) is 4.79 Å². The van der Waals surface area contributed by atoms with Crippen LogP contribution < -0.4 is 10.1 Å². The Balaban J connectivity index is 2.83. The van der Waals surface area contributed by atoms with Crippen molar-refractivity contribution >= 4 is 21.9 Å². The maximum absolute atomic E-state index is 11.4. The highest BCUT2D eigenvalue weighted by atomic mass is 79.9. The molecule has 1 aromatic rings. The minimum Gasteiger partial charge on any atom is -0.481 e. The Kier molecular flexibility index (Phi) is 7.02. The van der Waals surface area contributed by atoms with E-state index in [1.54, 1.807) is 6.92 Å². The van der Waals surface area contributed by atoms with Crippen molar-refractivity contribution in [2.24, 2.45) is 0 Å². The van der Waals surface area contributed by atoms with Crippen LogP contribution >= 0.6 is 15.9 Å². The molecule has 0 amide bonds. The molecule has 0 atom stereocenters. The summed E-state index contributed by atoms with van der Waals surface area (Å²) in [5.74, 6) is 0.395. The van der Waals surface area contributed by atoms with Gasteiger partial charge in [-0.2, -0.15) is 0 Å². The van der Waals surface area contributed by atoms with Crippen LogP contribution in [-0.4, -0.2) is 25.2 Å². The van der Waals surface area contributed by atoms with Crippen LogP contribution in [0.15, 0.2) is 16.6 Å². The lowest BCUT2D eigenvalue weighted by atomic mass is 10.1. The number of ether oxygens (including phenoxy) is 2. The van der Waals surface area contributed by atoms with E-state index in [0.717, 1.165) is 21.3 Å². The predicted molar refractivity (Wildman–Crippen MR) is 83.0 cm³/mol. The molecule has 0 aliphatic rings. The second-order valence-electron chi connectivity index (χ2n) is 4.84. The Morgan fingerprint density at radius 2 is 2.10 bits per heavy atom. The quantitative estimate of drug-likeness (QED) is 0.772. The Hall–Kier alpha value is -1.07. The summed E-state index contributed by atoms with van der Waals surface area (Å²) >= 11 is 3.48. The molecule has 1 aromatic carbocycles. The number of halogens is 1. The minimum atomic E-state index is -0.349. The molecule has 0 unspecified atom stereocenters. The average Bonchev–Trinajstić information content (AvgIpc) is 2.35.